The van der Waals surface area contributed by atoms with E-state index < -0.39 is 0 Å². The second-order valence-electron chi connectivity index (χ2n) is 3.77. The summed E-state index contributed by atoms with van der Waals surface area (Å²) >= 11 is 3.34. The molecule has 2 rings (SSSR count). The Balaban J connectivity index is 2.26. The number of carbonyl (C=O) groups is 1. The van der Waals surface area contributed by atoms with Gasteiger partial charge in [-0.05, 0) is 30.3 Å². The molecule has 1 aromatic heterocycles. The first kappa shape index (κ1) is 13.4. The van der Waals surface area contributed by atoms with Gasteiger partial charge in [-0.1, -0.05) is 15.9 Å². The van der Waals surface area contributed by atoms with Crippen LogP contribution in [0.5, 0.6) is 5.75 Å². The highest BCUT2D eigenvalue weighted by molar-refractivity contribution is 9.10. The van der Waals surface area contributed by atoms with E-state index in [1.807, 2.05) is 6.07 Å². The molecule has 1 amide bonds. The first-order valence-corrected chi connectivity index (χ1v) is 6.26. The van der Waals surface area contributed by atoms with Crippen molar-refractivity contribution in [1.82, 2.24) is 4.98 Å². The molecular weight excluding hydrogens is 310 g/mol. The molecule has 98 valence electrons. The normalized spacial score (nSPS) is 10.0. The monoisotopic (exact) mass is 321 g/mol. The summed E-state index contributed by atoms with van der Waals surface area (Å²) in [5, 5.41) is 2.73. The number of nitrogen functional groups attached to an aromatic ring is 1. The first-order chi connectivity index (χ1) is 9.10. The molecule has 0 radical (unpaired) electrons. The summed E-state index contributed by atoms with van der Waals surface area (Å²) in [6, 6.07) is 8.47. The fraction of sp³-hybridized carbons (Fsp3) is 0.0769. The topological polar surface area (TPSA) is 77.2 Å². The van der Waals surface area contributed by atoms with Crippen molar-refractivity contribution in [3.05, 3.63) is 46.7 Å². The van der Waals surface area contributed by atoms with Crippen molar-refractivity contribution in [2.75, 3.05) is 18.2 Å². The van der Waals surface area contributed by atoms with Crippen molar-refractivity contribution >= 4 is 33.2 Å². The van der Waals surface area contributed by atoms with Gasteiger partial charge < -0.3 is 15.8 Å². The molecule has 0 aliphatic heterocycles. The van der Waals surface area contributed by atoms with E-state index in [0.717, 1.165) is 4.47 Å². The van der Waals surface area contributed by atoms with Gasteiger partial charge in [-0.25, -0.2) is 0 Å². The van der Waals surface area contributed by atoms with Crippen molar-refractivity contribution in [2.45, 2.75) is 0 Å². The maximum absolute atomic E-state index is 12.0. The third-order valence-corrected chi connectivity index (χ3v) is 2.92. The summed E-state index contributed by atoms with van der Waals surface area (Å²) in [5.41, 5.74) is 6.92. The molecule has 0 aliphatic carbocycles. The third-order valence-electron chi connectivity index (χ3n) is 2.43. The number of benzene rings is 1. The molecule has 0 bridgehead atoms. The van der Waals surface area contributed by atoms with Gasteiger partial charge in [0.15, 0.2) is 0 Å². The van der Waals surface area contributed by atoms with Gasteiger partial charge in [0.25, 0.3) is 5.91 Å². The number of amides is 1. The number of halogens is 1. The number of pyridine rings is 1. The number of aromatic nitrogens is 1. The van der Waals surface area contributed by atoms with Gasteiger partial charge in [-0.2, -0.15) is 0 Å². The Morgan fingerprint density at radius 1 is 1.37 bits per heavy atom. The zero-order valence-corrected chi connectivity index (χ0v) is 11.8. The highest BCUT2D eigenvalue weighted by Gasteiger charge is 2.11. The first-order valence-electron chi connectivity index (χ1n) is 5.46. The molecule has 0 fully saturated rings. The van der Waals surface area contributed by atoms with Crippen LogP contribution in [0.15, 0.2) is 41.0 Å². The fourth-order valence-electron chi connectivity index (χ4n) is 1.54. The van der Waals surface area contributed by atoms with Crippen LogP contribution in [-0.4, -0.2) is 18.0 Å². The summed E-state index contributed by atoms with van der Waals surface area (Å²) in [7, 11) is 1.54. The van der Waals surface area contributed by atoms with E-state index in [-0.39, 0.29) is 11.6 Å². The van der Waals surface area contributed by atoms with Crippen molar-refractivity contribution in [3.8, 4) is 5.75 Å². The molecule has 0 atom stereocenters. The standard InChI is InChI=1S/C13H12BrN3O2/c1-19-12-3-2-8(14)6-10(12)17-13(18)11-7-9(15)4-5-16-11/h2-7H,1H3,(H2,15,16)(H,17,18). The number of nitrogens with zero attached hydrogens (tertiary/aromatic N) is 1. The Morgan fingerprint density at radius 2 is 2.16 bits per heavy atom. The molecule has 0 saturated heterocycles. The van der Waals surface area contributed by atoms with Crippen molar-refractivity contribution in [1.29, 1.82) is 0 Å². The van der Waals surface area contributed by atoms with Crippen molar-refractivity contribution < 1.29 is 9.53 Å². The molecule has 19 heavy (non-hydrogen) atoms. The van der Waals surface area contributed by atoms with E-state index in [9.17, 15) is 4.79 Å². The summed E-state index contributed by atoms with van der Waals surface area (Å²) < 4.78 is 6.02. The van der Waals surface area contributed by atoms with E-state index >= 15 is 0 Å². The average Bonchev–Trinajstić information content (AvgIpc) is 2.39. The summed E-state index contributed by atoms with van der Waals surface area (Å²) in [4.78, 5) is 16.0. The van der Waals surface area contributed by atoms with Crippen LogP contribution in [0.25, 0.3) is 0 Å². The SMILES string of the molecule is COc1ccc(Br)cc1NC(=O)c1cc(N)ccn1. The zero-order chi connectivity index (χ0) is 13.8. The molecule has 0 aliphatic rings. The number of methoxy groups -OCH3 is 1. The lowest BCUT2D eigenvalue weighted by molar-refractivity contribution is 0.102. The number of nitrogens with one attached hydrogen (secondary N) is 1. The van der Waals surface area contributed by atoms with Gasteiger partial charge >= 0.3 is 0 Å². The van der Waals surface area contributed by atoms with Crippen LogP contribution in [0.4, 0.5) is 11.4 Å². The number of ether oxygens (including phenoxy) is 1. The number of carbonyl (C=O) groups excluding carboxylic acids is 1. The summed E-state index contributed by atoms with van der Waals surface area (Å²) in [5.74, 6) is 0.226. The summed E-state index contributed by atoms with van der Waals surface area (Å²) in [6.07, 6.45) is 1.49. The highest BCUT2D eigenvalue weighted by Crippen LogP contribution is 2.28. The van der Waals surface area contributed by atoms with E-state index in [1.165, 1.54) is 19.4 Å². The number of nitrogens with two attached hydrogens (primary N) is 1. The quantitative estimate of drug-likeness (QED) is 0.911. The molecular formula is C13H12BrN3O2. The minimum atomic E-state index is -0.344. The predicted octanol–water partition coefficient (Wildman–Crippen LogP) is 2.69. The predicted molar refractivity (Wildman–Crippen MR) is 77.3 cm³/mol. The zero-order valence-electron chi connectivity index (χ0n) is 10.2. The second kappa shape index (κ2) is 5.71. The van der Waals surface area contributed by atoms with E-state index in [0.29, 0.717) is 17.1 Å². The molecule has 1 heterocycles. The summed E-state index contributed by atoms with van der Waals surface area (Å²) in [6.45, 7) is 0. The van der Waals surface area contributed by atoms with Crippen LogP contribution in [0.3, 0.4) is 0 Å². The van der Waals surface area contributed by atoms with Gasteiger partial charge in [0.05, 0.1) is 12.8 Å². The smallest absolute Gasteiger partial charge is 0.274 e. The van der Waals surface area contributed by atoms with Gasteiger partial charge in [-0.15, -0.1) is 0 Å². The lowest BCUT2D eigenvalue weighted by atomic mass is 10.2. The Morgan fingerprint density at radius 3 is 2.84 bits per heavy atom. The van der Waals surface area contributed by atoms with E-state index in [4.69, 9.17) is 10.5 Å². The minimum Gasteiger partial charge on any atom is -0.495 e. The van der Waals surface area contributed by atoms with Crippen LogP contribution in [-0.2, 0) is 0 Å². The Labute approximate surface area is 118 Å². The van der Waals surface area contributed by atoms with Crippen molar-refractivity contribution in [2.24, 2.45) is 0 Å². The van der Waals surface area contributed by atoms with Crippen LogP contribution in [0.1, 0.15) is 10.5 Å². The third kappa shape index (κ3) is 3.23. The van der Waals surface area contributed by atoms with Crippen LogP contribution < -0.4 is 15.8 Å². The second-order valence-corrected chi connectivity index (χ2v) is 4.69. The molecule has 0 saturated carbocycles. The molecule has 0 spiro atoms. The van der Waals surface area contributed by atoms with Crippen molar-refractivity contribution in [3.63, 3.8) is 0 Å². The van der Waals surface area contributed by atoms with E-state index in [2.05, 4.69) is 26.2 Å². The van der Waals surface area contributed by atoms with Crippen LogP contribution in [0, 0.1) is 0 Å². The van der Waals surface area contributed by atoms with Gasteiger partial charge in [0.2, 0.25) is 0 Å². The molecule has 6 heteroatoms. The van der Waals surface area contributed by atoms with Gasteiger partial charge in [-0.3, -0.25) is 9.78 Å². The molecule has 2 aromatic rings. The Bertz CT molecular complexity index is 617. The number of hydrogen-bond acceptors (Lipinski definition) is 4. The minimum absolute atomic E-state index is 0.252. The molecule has 5 nitrogen and oxygen atoms in total. The lowest BCUT2D eigenvalue weighted by Gasteiger charge is -2.10. The molecule has 0 unspecified atom stereocenters. The highest BCUT2D eigenvalue weighted by atomic mass is 79.9. The largest absolute Gasteiger partial charge is 0.495 e. The molecule has 1 aromatic carbocycles. The van der Waals surface area contributed by atoms with Gasteiger partial charge in [0.1, 0.15) is 11.4 Å². The number of anilines is 2. The van der Waals surface area contributed by atoms with E-state index in [1.54, 1.807) is 18.2 Å². The lowest BCUT2D eigenvalue weighted by Crippen LogP contribution is -2.14. The average molecular weight is 322 g/mol. The van der Waals surface area contributed by atoms with Gasteiger partial charge in [0, 0.05) is 16.4 Å². The molecule has 3 N–H and O–H groups in total. The Hall–Kier alpha value is -2.08. The Kier molecular flexibility index (Phi) is 4.01. The van der Waals surface area contributed by atoms with Crippen LogP contribution in [0.2, 0.25) is 0 Å². The maximum atomic E-state index is 12.0. The number of hydrogen-bond donors (Lipinski definition) is 2. The van der Waals surface area contributed by atoms with Crippen LogP contribution >= 0.6 is 15.9 Å². The maximum Gasteiger partial charge on any atom is 0.274 e. The fourth-order valence-corrected chi connectivity index (χ4v) is 1.90. The number of rotatable bonds is 3.